The minimum Gasteiger partial charge on any atom is -0.368 e. The molecule has 1 saturated heterocycles. The van der Waals surface area contributed by atoms with Crippen LogP contribution in [0.2, 0.25) is 0 Å². The zero-order valence-corrected chi connectivity index (χ0v) is 11.1. The summed E-state index contributed by atoms with van der Waals surface area (Å²) in [6, 6.07) is 3.09. The maximum Gasteiger partial charge on any atom is 0.292 e. The molecule has 112 valence electrons. The third-order valence-electron chi connectivity index (χ3n) is 3.34. The molecule has 2 rings (SSSR count). The second-order valence-electron chi connectivity index (χ2n) is 4.64. The number of amides is 2. The monoisotopic (exact) mass is 293 g/mol. The van der Waals surface area contributed by atoms with Crippen molar-refractivity contribution in [3.05, 3.63) is 33.9 Å². The Kier molecular flexibility index (Phi) is 4.03. The summed E-state index contributed by atoms with van der Waals surface area (Å²) >= 11 is 0. The molecule has 1 unspecified atom stereocenters. The van der Waals surface area contributed by atoms with Crippen molar-refractivity contribution in [2.75, 3.05) is 24.5 Å². The predicted molar refractivity (Wildman–Crippen MR) is 74.8 cm³/mol. The lowest BCUT2D eigenvalue weighted by molar-refractivity contribution is -0.384. The molecule has 2 amide bonds. The van der Waals surface area contributed by atoms with E-state index in [0.717, 1.165) is 0 Å². The predicted octanol–water partition coefficient (Wildman–Crippen LogP) is -1.04. The van der Waals surface area contributed by atoms with Gasteiger partial charge in [0.15, 0.2) is 0 Å². The molecule has 9 heteroatoms. The van der Waals surface area contributed by atoms with Crippen molar-refractivity contribution < 1.29 is 14.5 Å². The first-order valence-corrected chi connectivity index (χ1v) is 6.26. The van der Waals surface area contributed by atoms with E-state index in [9.17, 15) is 19.7 Å². The molecule has 1 fully saturated rings. The molecular formula is C12H15N5O4. The van der Waals surface area contributed by atoms with Crippen LogP contribution in [0.5, 0.6) is 0 Å². The third-order valence-corrected chi connectivity index (χ3v) is 3.34. The van der Waals surface area contributed by atoms with Crippen LogP contribution in [0.15, 0.2) is 18.2 Å². The number of piperazine rings is 1. The van der Waals surface area contributed by atoms with Crippen molar-refractivity contribution in [3.8, 4) is 0 Å². The topological polar surface area (TPSA) is 145 Å². The van der Waals surface area contributed by atoms with E-state index in [1.165, 1.54) is 23.1 Å². The number of rotatable bonds is 4. The van der Waals surface area contributed by atoms with Crippen LogP contribution >= 0.6 is 0 Å². The zero-order valence-electron chi connectivity index (χ0n) is 11.1. The molecule has 0 aromatic heterocycles. The van der Waals surface area contributed by atoms with Crippen molar-refractivity contribution in [3.63, 3.8) is 0 Å². The van der Waals surface area contributed by atoms with E-state index in [0.29, 0.717) is 13.1 Å². The highest BCUT2D eigenvalue weighted by Crippen LogP contribution is 2.31. The maximum atomic E-state index is 11.5. The summed E-state index contributed by atoms with van der Waals surface area (Å²) in [5.41, 5.74) is 10.6. The summed E-state index contributed by atoms with van der Waals surface area (Å²) in [5.74, 6) is -1.29. The van der Waals surface area contributed by atoms with Crippen LogP contribution < -0.4 is 21.7 Å². The number of nitro benzene ring substituents is 1. The van der Waals surface area contributed by atoms with Crippen LogP contribution in [-0.4, -0.2) is 42.4 Å². The van der Waals surface area contributed by atoms with Crippen LogP contribution in [0, 0.1) is 10.1 Å². The molecule has 0 radical (unpaired) electrons. The minimum absolute atomic E-state index is 0.136. The second kappa shape index (κ2) is 5.75. The Hall–Kier alpha value is -2.68. The minimum atomic E-state index is -0.722. The smallest absolute Gasteiger partial charge is 0.292 e. The van der Waals surface area contributed by atoms with Crippen molar-refractivity contribution in [2.45, 2.75) is 6.04 Å². The number of carbonyl (C=O) groups is 2. The Balaban J connectivity index is 2.52. The molecule has 5 N–H and O–H groups in total. The summed E-state index contributed by atoms with van der Waals surface area (Å²) in [4.78, 5) is 34.9. The maximum absolute atomic E-state index is 11.5. The van der Waals surface area contributed by atoms with Crippen LogP contribution in [0.25, 0.3) is 0 Å². The van der Waals surface area contributed by atoms with Gasteiger partial charge in [0.05, 0.1) is 4.92 Å². The van der Waals surface area contributed by atoms with Gasteiger partial charge in [-0.15, -0.1) is 0 Å². The fourth-order valence-electron chi connectivity index (χ4n) is 2.31. The van der Waals surface area contributed by atoms with Crippen molar-refractivity contribution in [1.82, 2.24) is 5.32 Å². The van der Waals surface area contributed by atoms with Gasteiger partial charge in [0.25, 0.3) is 5.69 Å². The average molecular weight is 293 g/mol. The van der Waals surface area contributed by atoms with Crippen molar-refractivity contribution in [2.24, 2.45) is 11.5 Å². The Labute approximate surface area is 120 Å². The van der Waals surface area contributed by atoms with Gasteiger partial charge in [-0.1, -0.05) is 0 Å². The van der Waals surface area contributed by atoms with E-state index in [2.05, 4.69) is 5.32 Å². The highest BCUT2D eigenvalue weighted by Gasteiger charge is 2.31. The first-order valence-electron chi connectivity index (χ1n) is 6.26. The van der Waals surface area contributed by atoms with Gasteiger partial charge >= 0.3 is 0 Å². The Morgan fingerprint density at radius 3 is 2.67 bits per heavy atom. The highest BCUT2D eigenvalue weighted by molar-refractivity contribution is 5.95. The molecule has 21 heavy (non-hydrogen) atoms. The van der Waals surface area contributed by atoms with Crippen LogP contribution in [-0.2, 0) is 4.79 Å². The summed E-state index contributed by atoms with van der Waals surface area (Å²) in [6.45, 7) is 1.19. The third kappa shape index (κ3) is 2.92. The van der Waals surface area contributed by atoms with Gasteiger partial charge in [-0.2, -0.15) is 0 Å². The quantitative estimate of drug-likeness (QED) is 0.477. The summed E-state index contributed by atoms with van der Waals surface area (Å²) in [5, 5.41) is 14.2. The van der Waals surface area contributed by atoms with Gasteiger partial charge in [0.2, 0.25) is 11.8 Å². The number of primary amides is 2. The first kappa shape index (κ1) is 14.7. The van der Waals surface area contributed by atoms with Gasteiger partial charge in [-0.05, 0) is 12.1 Å². The van der Waals surface area contributed by atoms with Gasteiger partial charge in [-0.3, -0.25) is 19.7 Å². The van der Waals surface area contributed by atoms with Crippen LogP contribution in [0.1, 0.15) is 10.4 Å². The molecular weight excluding hydrogens is 278 g/mol. The van der Waals surface area contributed by atoms with Gasteiger partial charge < -0.3 is 21.7 Å². The summed E-state index contributed by atoms with van der Waals surface area (Å²) < 4.78 is 0. The Morgan fingerprint density at radius 1 is 1.38 bits per heavy atom. The fourth-order valence-corrected chi connectivity index (χ4v) is 2.31. The molecule has 1 aliphatic heterocycles. The van der Waals surface area contributed by atoms with Crippen LogP contribution in [0.4, 0.5) is 11.4 Å². The van der Waals surface area contributed by atoms with E-state index in [1.807, 2.05) is 0 Å². The molecule has 1 heterocycles. The average Bonchev–Trinajstić information content (AvgIpc) is 2.46. The summed E-state index contributed by atoms with van der Waals surface area (Å²) in [7, 11) is 0. The second-order valence-corrected chi connectivity index (χ2v) is 4.64. The van der Waals surface area contributed by atoms with Crippen LogP contribution in [0.3, 0.4) is 0 Å². The lowest BCUT2D eigenvalue weighted by atomic mass is 10.1. The van der Waals surface area contributed by atoms with Crippen molar-refractivity contribution in [1.29, 1.82) is 0 Å². The molecule has 1 aliphatic rings. The number of hydrogen-bond acceptors (Lipinski definition) is 6. The molecule has 0 aliphatic carbocycles. The number of nitrogens with one attached hydrogen (secondary N) is 1. The van der Waals surface area contributed by atoms with E-state index in [4.69, 9.17) is 11.5 Å². The van der Waals surface area contributed by atoms with E-state index < -0.39 is 22.8 Å². The van der Waals surface area contributed by atoms with Crippen molar-refractivity contribution >= 4 is 23.2 Å². The molecule has 1 aromatic carbocycles. The number of nitro groups is 1. The van der Waals surface area contributed by atoms with E-state index in [-0.39, 0.29) is 23.5 Å². The number of hydrogen-bond donors (Lipinski definition) is 3. The molecule has 0 bridgehead atoms. The standard InChI is InChI=1S/C12H15N5O4/c13-11(18)7-1-2-8(17(20)21)9(5-7)16-4-3-15-6-10(16)12(14)19/h1-2,5,10,15H,3-4,6H2,(H2,13,18)(H2,14,19). The Morgan fingerprint density at radius 2 is 2.10 bits per heavy atom. The number of benzene rings is 1. The Bertz CT molecular complexity index is 603. The molecule has 1 atom stereocenters. The van der Waals surface area contributed by atoms with E-state index in [1.54, 1.807) is 0 Å². The van der Waals surface area contributed by atoms with E-state index >= 15 is 0 Å². The summed E-state index contributed by atoms with van der Waals surface area (Å²) in [6.07, 6.45) is 0. The van der Waals surface area contributed by atoms with Gasteiger partial charge in [-0.25, -0.2) is 0 Å². The number of nitrogens with two attached hydrogens (primary N) is 2. The fraction of sp³-hybridized carbons (Fsp3) is 0.333. The molecule has 1 aromatic rings. The SMILES string of the molecule is NC(=O)c1ccc([N+](=O)[O-])c(N2CCNCC2C(N)=O)c1. The molecule has 9 nitrogen and oxygen atoms in total. The lowest BCUT2D eigenvalue weighted by Crippen LogP contribution is -2.57. The largest absolute Gasteiger partial charge is 0.368 e. The number of carbonyl (C=O) groups excluding carboxylic acids is 2. The number of anilines is 1. The van der Waals surface area contributed by atoms with Gasteiger partial charge in [0.1, 0.15) is 11.7 Å². The normalized spacial score (nSPS) is 18.3. The van der Waals surface area contributed by atoms with Gasteiger partial charge in [0, 0.05) is 31.3 Å². The number of nitrogens with zero attached hydrogens (tertiary/aromatic N) is 2. The first-order chi connectivity index (χ1) is 9.91. The lowest BCUT2D eigenvalue weighted by Gasteiger charge is -2.35. The molecule has 0 spiro atoms. The molecule has 0 saturated carbocycles. The highest BCUT2D eigenvalue weighted by atomic mass is 16.6. The zero-order chi connectivity index (χ0) is 15.6.